The highest BCUT2D eigenvalue weighted by atomic mass is 19.4. The number of imidazole rings is 1. The maximum absolute atomic E-state index is 14.0. The second kappa shape index (κ2) is 12.7. The molecule has 3 aliphatic rings. The van der Waals surface area contributed by atoms with E-state index in [1.165, 1.54) is 29.0 Å². The monoisotopic (exact) mass is 595 g/mol. The zero-order valence-electron chi connectivity index (χ0n) is 23.6. The Balaban J connectivity index is 1.37. The SMILES string of the molecule is O=C(C[C@H](CCN1CCCC(F)(F)C1)NC(=O)c1cn(-c2ccccc2C(F)(F)F)c(C2CCCC2)n1)NC1CCC1. The lowest BCUT2D eigenvalue weighted by Gasteiger charge is -2.33. The third-order valence-electron chi connectivity index (χ3n) is 8.66. The van der Waals surface area contributed by atoms with Crippen molar-refractivity contribution in [1.29, 1.82) is 0 Å². The molecule has 2 aliphatic carbocycles. The van der Waals surface area contributed by atoms with E-state index in [2.05, 4.69) is 15.6 Å². The Labute approximate surface area is 242 Å². The molecule has 1 saturated heterocycles. The molecule has 230 valence electrons. The Morgan fingerprint density at radius 3 is 2.45 bits per heavy atom. The molecule has 5 rings (SSSR count). The van der Waals surface area contributed by atoms with Gasteiger partial charge in [0.2, 0.25) is 5.91 Å². The molecule has 2 aromatic rings. The van der Waals surface area contributed by atoms with Gasteiger partial charge in [0.1, 0.15) is 11.5 Å². The third kappa shape index (κ3) is 7.48. The Hall–Kier alpha value is -3.02. The van der Waals surface area contributed by atoms with Crippen molar-refractivity contribution in [3.8, 4) is 5.69 Å². The summed E-state index contributed by atoms with van der Waals surface area (Å²) < 4.78 is 71.0. The number of piperidine rings is 1. The van der Waals surface area contributed by atoms with Gasteiger partial charge in [-0.25, -0.2) is 13.8 Å². The van der Waals surface area contributed by atoms with E-state index in [0.717, 1.165) is 51.0 Å². The predicted molar refractivity (Wildman–Crippen MR) is 147 cm³/mol. The molecule has 0 spiro atoms. The molecule has 12 heteroatoms. The van der Waals surface area contributed by atoms with Gasteiger partial charge < -0.3 is 15.2 Å². The summed E-state index contributed by atoms with van der Waals surface area (Å²) in [6.07, 6.45) is 3.40. The van der Waals surface area contributed by atoms with E-state index >= 15 is 0 Å². The van der Waals surface area contributed by atoms with Crippen LogP contribution < -0.4 is 10.6 Å². The van der Waals surface area contributed by atoms with Crippen molar-refractivity contribution < 1.29 is 31.5 Å². The van der Waals surface area contributed by atoms with Gasteiger partial charge in [0.15, 0.2) is 0 Å². The molecule has 1 aromatic carbocycles. The van der Waals surface area contributed by atoms with Crippen molar-refractivity contribution in [2.75, 3.05) is 19.6 Å². The first-order chi connectivity index (χ1) is 20.0. The van der Waals surface area contributed by atoms with Crippen LogP contribution in [0.25, 0.3) is 5.69 Å². The van der Waals surface area contributed by atoms with Gasteiger partial charge in [-0.05, 0) is 63.6 Å². The molecule has 1 aromatic heterocycles. The number of carbonyl (C=O) groups excluding carboxylic acids is 2. The summed E-state index contributed by atoms with van der Waals surface area (Å²) in [7, 11) is 0. The molecular weight excluding hydrogens is 557 g/mol. The first-order valence-corrected chi connectivity index (χ1v) is 14.9. The minimum Gasteiger partial charge on any atom is -0.353 e. The first-order valence-electron chi connectivity index (χ1n) is 14.9. The van der Waals surface area contributed by atoms with Crippen molar-refractivity contribution >= 4 is 11.8 Å². The normalized spacial score (nSPS) is 20.7. The molecule has 42 heavy (non-hydrogen) atoms. The minimum atomic E-state index is -4.60. The van der Waals surface area contributed by atoms with E-state index < -0.39 is 29.6 Å². The smallest absolute Gasteiger partial charge is 0.353 e. The fraction of sp³-hybridized carbons (Fsp3) is 0.633. The van der Waals surface area contributed by atoms with Crippen LogP contribution in [0.1, 0.15) is 98.4 Å². The highest BCUT2D eigenvalue weighted by molar-refractivity contribution is 5.93. The van der Waals surface area contributed by atoms with Gasteiger partial charge in [0, 0.05) is 43.6 Å². The van der Waals surface area contributed by atoms with Crippen LogP contribution >= 0.6 is 0 Å². The fourth-order valence-electron chi connectivity index (χ4n) is 6.22. The zero-order valence-corrected chi connectivity index (χ0v) is 23.6. The Kier molecular flexibility index (Phi) is 9.20. The van der Waals surface area contributed by atoms with Crippen LogP contribution in [0.4, 0.5) is 22.0 Å². The number of alkyl halides is 5. The molecule has 2 amide bonds. The lowest BCUT2D eigenvalue weighted by atomic mass is 9.93. The van der Waals surface area contributed by atoms with Gasteiger partial charge >= 0.3 is 6.18 Å². The summed E-state index contributed by atoms with van der Waals surface area (Å²) in [5.74, 6) is -3.29. The minimum absolute atomic E-state index is 0.0282. The maximum Gasteiger partial charge on any atom is 0.418 e. The zero-order chi connectivity index (χ0) is 29.9. The summed E-state index contributed by atoms with van der Waals surface area (Å²) >= 11 is 0. The molecule has 2 saturated carbocycles. The van der Waals surface area contributed by atoms with Gasteiger partial charge in [0.05, 0.1) is 17.8 Å². The number of nitrogens with zero attached hydrogens (tertiary/aromatic N) is 3. The number of para-hydroxylation sites is 1. The molecular formula is C30H38F5N5O2. The van der Waals surface area contributed by atoms with Crippen molar-refractivity contribution in [2.24, 2.45) is 0 Å². The second-order valence-corrected chi connectivity index (χ2v) is 11.9. The predicted octanol–water partition coefficient (Wildman–Crippen LogP) is 5.83. The second-order valence-electron chi connectivity index (χ2n) is 11.9. The third-order valence-corrected chi connectivity index (χ3v) is 8.66. The summed E-state index contributed by atoms with van der Waals surface area (Å²) in [6.45, 7) is 0.423. The molecule has 3 fully saturated rings. The van der Waals surface area contributed by atoms with Crippen LogP contribution in [0, 0.1) is 0 Å². The van der Waals surface area contributed by atoms with E-state index in [9.17, 15) is 31.5 Å². The lowest BCUT2D eigenvalue weighted by molar-refractivity contribution is -0.137. The average molecular weight is 596 g/mol. The number of benzene rings is 1. The number of likely N-dealkylation sites (tertiary alicyclic amines) is 1. The van der Waals surface area contributed by atoms with Gasteiger partial charge in [0.25, 0.3) is 11.8 Å². The average Bonchev–Trinajstić information content (AvgIpc) is 3.59. The van der Waals surface area contributed by atoms with Gasteiger partial charge in [-0.15, -0.1) is 0 Å². The van der Waals surface area contributed by atoms with Crippen LogP contribution in [-0.4, -0.2) is 63.9 Å². The Bertz CT molecular complexity index is 1250. The van der Waals surface area contributed by atoms with Crippen LogP contribution in [0.15, 0.2) is 30.5 Å². The molecule has 7 nitrogen and oxygen atoms in total. The van der Waals surface area contributed by atoms with Crippen molar-refractivity contribution in [2.45, 2.75) is 101 Å². The number of amides is 2. The number of aromatic nitrogens is 2. The van der Waals surface area contributed by atoms with Crippen LogP contribution in [0.5, 0.6) is 0 Å². The van der Waals surface area contributed by atoms with Crippen molar-refractivity contribution in [1.82, 2.24) is 25.1 Å². The Morgan fingerprint density at radius 1 is 1.05 bits per heavy atom. The topological polar surface area (TPSA) is 79.3 Å². The summed E-state index contributed by atoms with van der Waals surface area (Å²) in [6, 6.07) is 4.66. The summed E-state index contributed by atoms with van der Waals surface area (Å²) in [4.78, 5) is 32.4. The van der Waals surface area contributed by atoms with Crippen LogP contribution in [-0.2, 0) is 11.0 Å². The van der Waals surface area contributed by atoms with Crippen LogP contribution in [0.2, 0.25) is 0 Å². The standard InChI is InChI=1S/C30H38F5N5O2/c31-29(32)14-6-15-39(19-29)16-13-22(17-26(41)36-21-9-5-10-21)37-28(42)24-18-40(27(38-24)20-7-1-2-8-20)25-12-4-3-11-23(25)30(33,34)35/h3-4,11-12,18,20-22H,1-2,5-10,13-17,19H2,(H,36,41)(H,37,42)/t22-/m0/s1. The van der Waals surface area contributed by atoms with E-state index in [1.807, 2.05) is 0 Å². The van der Waals surface area contributed by atoms with Gasteiger partial charge in [-0.3, -0.25) is 14.5 Å². The molecule has 2 N–H and O–H groups in total. The van der Waals surface area contributed by atoms with E-state index in [1.54, 1.807) is 4.90 Å². The molecule has 2 heterocycles. The number of nitrogens with one attached hydrogen (secondary N) is 2. The quantitative estimate of drug-likeness (QED) is 0.339. The number of hydrogen-bond acceptors (Lipinski definition) is 4. The molecule has 0 unspecified atom stereocenters. The summed E-state index contributed by atoms with van der Waals surface area (Å²) in [5, 5.41) is 5.80. The molecule has 1 atom stereocenters. The van der Waals surface area contributed by atoms with Gasteiger partial charge in [-0.1, -0.05) is 25.0 Å². The number of rotatable bonds is 10. The highest BCUT2D eigenvalue weighted by Crippen LogP contribution is 2.38. The summed E-state index contributed by atoms with van der Waals surface area (Å²) in [5.41, 5.74) is -0.957. The first kappa shape index (κ1) is 30.4. The molecule has 0 radical (unpaired) electrons. The lowest BCUT2D eigenvalue weighted by Crippen LogP contribution is -2.47. The van der Waals surface area contributed by atoms with Crippen molar-refractivity contribution in [3.05, 3.63) is 47.5 Å². The fourth-order valence-corrected chi connectivity index (χ4v) is 6.22. The number of hydrogen-bond donors (Lipinski definition) is 2. The highest BCUT2D eigenvalue weighted by Gasteiger charge is 2.37. The van der Waals surface area contributed by atoms with E-state index in [0.29, 0.717) is 18.8 Å². The maximum atomic E-state index is 14.0. The van der Waals surface area contributed by atoms with Crippen LogP contribution in [0.3, 0.4) is 0 Å². The molecule has 0 bridgehead atoms. The number of carbonyl (C=O) groups is 2. The molecule has 1 aliphatic heterocycles. The van der Waals surface area contributed by atoms with E-state index in [4.69, 9.17) is 0 Å². The largest absolute Gasteiger partial charge is 0.418 e. The van der Waals surface area contributed by atoms with Gasteiger partial charge in [-0.2, -0.15) is 13.2 Å². The Morgan fingerprint density at radius 2 is 1.79 bits per heavy atom. The van der Waals surface area contributed by atoms with Crippen molar-refractivity contribution in [3.63, 3.8) is 0 Å². The number of halogens is 5. The van der Waals surface area contributed by atoms with E-state index in [-0.39, 0.29) is 61.6 Å².